The molecule has 0 aliphatic rings. The molecular formula is C14H23N3O3. The number of aliphatic hydroxyl groups excluding tert-OH is 2. The quantitative estimate of drug-likeness (QED) is 0.719. The first-order chi connectivity index (χ1) is 9.67. The summed E-state index contributed by atoms with van der Waals surface area (Å²) in [7, 11) is 0. The SMILES string of the molecule is CCN(CC)C(=O)c1cc(N(CCO)CCO)ccn1. The lowest BCUT2D eigenvalue weighted by Crippen LogP contribution is -2.32. The van der Waals surface area contributed by atoms with Crippen LogP contribution in [-0.2, 0) is 0 Å². The Balaban J connectivity index is 2.96. The Morgan fingerprint density at radius 1 is 1.20 bits per heavy atom. The van der Waals surface area contributed by atoms with Gasteiger partial charge in [-0.1, -0.05) is 0 Å². The van der Waals surface area contributed by atoms with Gasteiger partial charge in [-0.3, -0.25) is 9.78 Å². The number of aromatic nitrogens is 1. The lowest BCUT2D eigenvalue weighted by molar-refractivity contribution is 0.0767. The van der Waals surface area contributed by atoms with E-state index in [0.717, 1.165) is 5.69 Å². The minimum absolute atomic E-state index is 0.0123. The summed E-state index contributed by atoms with van der Waals surface area (Å²) in [6.45, 7) is 5.91. The fraction of sp³-hybridized carbons (Fsp3) is 0.571. The van der Waals surface area contributed by atoms with Crippen LogP contribution in [0.25, 0.3) is 0 Å². The second-order valence-electron chi connectivity index (χ2n) is 4.31. The summed E-state index contributed by atoms with van der Waals surface area (Å²) in [5.41, 5.74) is 1.16. The van der Waals surface area contributed by atoms with Gasteiger partial charge < -0.3 is 20.0 Å². The summed E-state index contributed by atoms with van der Waals surface area (Å²) in [4.78, 5) is 19.9. The maximum Gasteiger partial charge on any atom is 0.272 e. The molecule has 0 saturated heterocycles. The average Bonchev–Trinajstić information content (AvgIpc) is 2.48. The van der Waals surface area contributed by atoms with E-state index < -0.39 is 0 Å². The molecule has 1 rings (SSSR count). The van der Waals surface area contributed by atoms with Gasteiger partial charge in [-0.05, 0) is 26.0 Å². The predicted molar refractivity (Wildman–Crippen MR) is 77.9 cm³/mol. The third-order valence-electron chi connectivity index (χ3n) is 3.12. The van der Waals surface area contributed by atoms with Crippen molar-refractivity contribution in [3.05, 3.63) is 24.0 Å². The first kappa shape index (κ1) is 16.4. The summed E-state index contributed by atoms with van der Waals surface area (Å²) < 4.78 is 0. The van der Waals surface area contributed by atoms with E-state index in [0.29, 0.717) is 31.9 Å². The highest BCUT2D eigenvalue weighted by atomic mass is 16.3. The predicted octanol–water partition coefficient (Wildman–Crippen LogP) is 0.355. The molecule has 6 nitrogen and oxygen atoms in total. The fourth-order valence-electron chi connectivity index (χ4n) is 2.02. The molecule has 0 atom stereocenters. The van der Waals surface area contributed by atoms with E-state index in [1.165, 1.54) is 0 Å². The first-order valence-corrected chi connectivity index (χ1v) is 6.89. The lowest BCUT2D eigenvalue weighted by Gasteiger charge is -2.24. The van der Waals surface area contributed by atoms with Gasteiger partial charge in [0.05, 0.1) is 13.2 Å². The molecule has 0 radical (unpaired) electrons. The van der Waals surface area contributed by atoms with E-state index >= 15 is 0 Å². The van der Waals surface area contributed by atoms with Crippen LogP contribution < -0.4 is 4.90 Å². The Bertz CT molecular complexity index is 416. The van der Waals surface area contributed by atoms with Crippen LogP contribution in [0.2, 0.25) is 0 Å². The number of carbonyl (C=O) groups is 1. The van der Waals surface area contributed by atoms with E-state index in [-0.39, 0.29) is 19.1 Å². The molecule has 0 aromatic carbocycles. The molecule has 0 bridgehead atoms. The Kier molecular flexibility index (Phi) is 6.97. The van der Waals surface area contributed by atoms with Crippen molar-refractivity contribution in [2.24, 2.45) is 0 Å². The van der Waals surface area contributed by atoms with Gasteiger partial charge in [0.25, 0.3) is 5.91 Å². The van der Waals surface area contributed by atoms with Crippen molar-refractivity contribution < 1.29 is 15.0 Å². The van der Waals surface area contributed by atoms with Crippen molar-refractivity contribution in [2.45, 2.75) is 13.8 Å². The molecule has 0 aliphatic carbocycles. The standard InChI is InChI=1S/C14H23N3O3/c1-3-16(4-2)14(20)13-11-12(5-6-15-13)17(7-9-18)8-10-19/h5-6,11,18-19H,3-4,7-10H2,1-2H3. The van der Waals surface area contributed by atoms with E-state index in [9.17, 15) is 4.79 Å². The van der Waals surface area contributed by atoms with Crippen LogP contribution in [0.15, 0.2) is 18.3 Å². The van der Waals surface area contributed by atoms with Gasteiger partial charge in [0, 0.05) is 38.1 Å². The van der Waals surface area contributed by atoms with E-state index in [1.807, 2.05) is 18.7 Å². The third-order valence-corrected chi connectivity index (χ3v) is 3.12. The lowest BCUT2D eigenvalue weighted by atomic mass is 10.2. The molecule has 1 aromatic heterocycles. The first-order valence-electron chi connectivity index (χ1n) is 6.89. The summed E-state index contributed by atoms with van der Waals surface area (Å²) in [5.74, 6) is -0.107. The number of nitrogens with zero attached hydrogens (tertiary/aromatic N) is 3. The van der Waals surface area contributed by atoms with Crippen molar-refractivity contribution in [2.75, 3.05) is 44.3 Å². The van der Waals surface area contributed by atoms with Crippen molar-refractivity contribution >= 4 is 11.6 Å². The molecule has 0 fully saturated rings. The average molecular weight is 281 g/mol. The number of hydrogen-bond acceptors (Lipinski definition) is 5. The largest absolute Gasteiger partial charge is 0.395 e. The zero-order valence-electron chi connectivity index (χ0n) is 12.1. The number of rotatable bonds is 8. The van der Waals surface area contributed by atoms with Crippen LogP contribution in [0.4, 0.5) is 5.69 Å². The van der Waals surface area contributed by atoms with Gasteiger partial charge >= 0.3 is 0 Å². The van der Waals surface area contributed by atoms with Crippen LogP contribution in [0.3, 0.4) is 0 Å². The third kappa shape index (κ3) is 4.18. The smallest absolute Gasteiger partial charge is 0.272 e. The number of hydrogen-bond donors (Lipinski definition) is 2. The maximum atomic E-state index is 12.2. The van der Waals surface area contributed by atoms with Crippen molar-refractivity contribution in [1.82, 2.24) is 9.88 Å². The number of aliphatic hydroxyl groups is 2. The van der Waals surface area contributed by atoms with E-state index in [2.05, 4.69) is 4.98 Å². The normalized spacial score (nSPS) is 10.4. The molecule has 6 heteroatoms. The number of carbonyl (C=O) groups excluding carboxylic acids is 1. The van der Waals surface area contributed by atoms with Gasteiger partial charge in [0.2, 0.25) is 0 Å². The Hall–Kier alpha value is -1.66. The summed E-state index contributed by atoms with van der Waals surface area (Å²) in [5, 5.41) is 18.1. The zero-order valence-corrected chi connectivity index (χ0v) is 12.1. The summed E-state index contributed by atoms with van der Waals surface area (Å²) in [6.07, 6.45) is 1.58. The van der Waals surface area contributed by atoms with Gasteiger partial charge in [-0.2, -0.15) is 0 Å². The number of anilines is 1. The van der Waals surface area contributed by atoms with Gasteiger partial charge in [0.1, 0.15) is 5.69 Å². The molecule has 112 valence electrons. The minimum atomic E-state index is -0.107. The zero-order chi connectivity index (χ0) is 15.0. The second-order valence-corrected chi connectivity index (χ2v) is 4.31. The van der Waals surface area contributed by atoms with Crippen LogP contribution in [-0.4, -0.2) is 65.4 Å². The summed E-state index contributed by atoms with van der Waals surface area (Å²) >= 11 is 0. The summed E-state index contributed by atoms with van der Waals surface area (Å²) in [6, 6.07) is 3.47. The molecule has 2 N–H and O–H groups in total. The molecule has 1 amide bonds. The molecule has 1 aromatic rings. The van der Waals surface area contributed by atoms with Crippen LogP contribution >= 0.6 is 0 Å². The highest BCUT2D eigenvalue weighted by molar-refractivity contribution is 5.93. The second kappa shape index (κ2) is 8.50. The van der Waals surface area contributed by atoms with Crippen molar-refractivity contribution in [1.29, 1.82) is 0 Å². The molecular weight excluding hydrogens is 258 g/mol. The molecule has 0 spiro atoms. The minimum Gasteiger partial charge on any atom is -0.395 e. The van der Waals surface area contributed by atoms with Crippen molar-refractivity contribution in [3.63, 3.8) is 0 Å². The van der Waals surface area contributed by atoms with Gasteiger partial charge in [-0.25, -0.2) is 0 Å². The van der Waals surface area contributed by atoms with Crippen LogP contribution in [0.5, 0.6) is 0 Å². The Morgan fingerprint density at radius 2 is 1.80 bits per heavy atom. The number of amides is 1. The Labute approximate surface area is 119 Å². The molecule has 1 heterocycles. The van der Waals surface area contributed by atoms with Crippen molar-refractivity contribution in [3.8, 4) is 0 Å². The Morgan fingerprint density at radius 3 is 2.30 bits per heavy atom. The molecule has 0 unspecified atom stereocenters. The maximum absolute atomic E-state index is 12.2. The van der Waals surface area contributed by atoms with Gasteiger partial charge in [0.15, 0.2) is 0 Å². The topological polar surface area (TPSA) is 76.9 Å². The highest BCUT2D eigenvalue weighted by Crippen LogP contribution is 2.15. The van der Waals surface area contributed by atoms with Crippen LogP contribution in [0.1, 0.15) is 24.3 Å². The molecule has 0 saturated carbocycles. The van der Waals surface area contributed by atoms with Crippen LogP contribution in [0, 0.1) is 0 Å². The monoisotopic (exact) mass is 281 g/mol. The highest BCUT2D eigenvalue weighted by Gasteiger charge is 2.15. The van der Waals surface area contributed by atoms with E-state index in [1.54, 1.807) is 23.2 Å². The molecule has 20 heavy (non-hydrogen) atoms. The molecule has 0 aliphatic heterocycles. The fourth-order valence-corrected chi connectivity index (χ4v) is 2.02. The van der Waals surface area contributed by atoms with E-state index in [4.69, 9.17) is 10.2 Å². The van der Waals surface area contributed by atoms with Gasteiger partial charge in [-0.15, -0.1) is 0 Å². The number of pyridine rings is 1.